The van der Waals surface area contributed by atoms with Crippen LogP contribution >= 0.6 is 23.1 Å². The van der Waals surface area contributed by atoms with Crippen molar-refractivity contribution in [2.75, 3.05) is 18.2 Å². The van der Waals surface area contributed by atoms with E-state index in [2.05, 4.69) is 16.7 Å². The first-order valence-electron chi connectivity index (χ1n) is 8.15. The summed E-state index contributed by atoms with van der Waals surface area (Å²) in [6, 6.07) is 13.0. The van der Waals surface area contributed by atoms with Gasteiger partial charge in [-0.15, -0.1) is 11.3 Å². The quantitative estimate of drug-likeness (QED) is 0.776. The molecule has 1 atom stereocenters. The molecule has 0 unspecified atom stereocenters. The fourth-order valence-electron chi connectivity index (χ4n) is 2.67. The summed E-state index contributed by atoms with van der Waals surface area (Å²) < 4.78 is 5.08. The summed E-state index contributed by atoms with van der Waals surface area (Å²) in [6.45, 7) is 0. The monoisotopic (exact) mass is 399 g/mol. The van der Waals surface area contributed by atoms with Gasteiger partial charge in [0.15, 0.2) is 0 Å². The highest BCUT2D eigenvalue weighted by atomic mass is 32.2. The summed E-state index contributed by atoms with van der Waals surface area (Å²) in [7, 11) is 1.58. The van der Waals surface area contributed by atoms with Crippen molar-refractivity contribution in [1.82, 2.24) is 5.32 Å². The molecular weight excluding hydrogens is 382 g/mol. The van der Waals surface area contributed by atoms with Crippen LogP contribution < -0.4 is 15.4 Å². The van der Waals surface area contributed by atoms with Crippen LogP contribution in [0.5, 0.6) is 5.75 Å². The number of nitriles is 1. The molecular formula is C19H17N3O3S2. The first-order valence-corrected chi connectivity index (χ1v) is 10.0. The number of anilines is 1. The van der Waals surface area contributed by atoms with Crippen LogP contribution in [-0.4, -0.2) is 24.7 Å². The van der Waals surface area contributed by atoms with Crippen molar-refractivity contribution in [3.8, 4) is 11.8 Å². The summed E-state index contributed by atoms with van der Waals surface area (Å²) >= 11 is 2.68. The zero-order valence-electron chi connectivity index (χ0n) is 14.5. The Morgan fingerprint density at radius 3 is 2.81 bits per heavy atom. The number of carbonyl (C=O) groups excluding carboxylic acids is 2. The number of methoxy groups -OCH3 is 1. The molecule has 0 aliphatic carbocycles. The molecule has 0 fully saturated rings. The number of hydrogen-bond donors (Lipinski definition) is 2. The van der Waals surface area contributed by atoms with Crippen molar-refractivity contribution in [3.63, 3.8) is 0 Å². The maximum atomic E-state index is 12.2. The van der Waals surface area contributed by atoms with Gasteiger partial charge in [0, 0.05) is 22.9 Å². The molecule has 1 aliphatic rings. The lowest BCUT2D eigenvalue weighted by atomic mass is 9.93. The Balaban J connectivity index is 1.68. The van der Waals surface area contributed by atoms with E-state index in [9.17, 15) is 14.9 Å². The summed E-state index contributed by atoms with van der Waals surface area (Å²) in [4.78, 5) is 25.3. The largest absolute Gasteiger partial charge is 0.497 e. The second-order valence-electron chi connectivity index (χ2n) is 5.74. The first-order chi connectivity index (χ1) is 13.1. The lowest BCUT2D eigenvalue weighted by Crippen LogP contribution is -2.31. The Labute approximate surface area is 165 Å². The highest BCUT2D eigenvalue weighted by Gasteiger charge is 2.30. The molecule has 27 heavy (non-hydrogen) atoms. The molecule has 2 heterocycles. The maximum Gasteiger partial charge on any atom is 0.234 e. The van der Waals surface area contributed by atoms with Crippen LogP contribution in [0.4, 0.5) is 5.69 Å². The number of hydrogen-bond acceptors (Lipinski definition) is 6. The number of carbonyl (C=O) groups is 2. The minimum Gasteiger partial charge on any atom is -0.497 e. The molecule has 1 aliphatic heterocycles. The normalized spacial score (nSPS) is 16.4. The first kappa shape index (κ1) is 19.0. The zero-order chi connectivity index (χ0) is 19.2. The van der Waals surface area contributed by atoms with Crippen molar-refractivity contribution in [2.45, 2.75) is 12.3 Å². The van der Waals surface area contributed by atoms with Gasteiger partial charge in [0.05, 0.1) is 29.5 Å². The lowest BCUT2D eigenvalue weighted by molar-refractivity contribution is -0.121. The third-order valence-electron chi connectivity index (χ3n) is 3.96. The SMILES string of the molecule is COc1ccc(NC(=O)CSC2=C(C#N)[C@@H](c3cccs3)CC(=O)N2)cc1. The predicted octanol–water partition coefficient (Wildman–Crippen LogP) is 3.47. The van der Waals surface area contributed by atoms with Crippen molar-refractivity contribution < 1.29 is 14.3 Å². The van der Waals surface area contributed by atoms with Gasteiger partial charge in [-0.2, -0.15) is 5.26 Å². The van der Waals surface area contributed by atoms with Gasteiger partial charge in [0.1, 0.15) is 5.75 Å². The Morgan fingerprint density at radius 1 is 1.41 bits per heavy atom. The minimum absolute atomic E-state index is 0.0873. The van der Waals surface area contributed by atoms with Crippen LogP contribution in [-0.2, 0) is 9.59 Å². The van der Waals surface area contributed by atoms with E-state index in [0.29, 0.717) is 22.0 Å². The number of thiophene rings is 1. The summed E-state index contributed by atoms with van der Waals surface area (Å²) in [5, 5.41) is 17.5. The number of rotatable bonds is 6. The van der Waals surface area contributed by atoms with Crippen LogP contribution in [0.2, 0.25) is 0 Å². The Kier molecular flexibility index (Phi) is 6.16. The molecule has 6 nitrogen and oxygen atoms in total. The second-order valence-corrected chi connectivity index (χ2v) is 7.71. The fraction of sp³-hybridized carbons (Fsp3) is 0.211. The van der Waals surface area contributed by atoms with Gasteiger partial charge < -0.3 is 15.4 Å². The van der Waals surface area contributed by atoms with Crippen LogP contribution in [0.3, 0.4) is 0 Å². The number of nitrogens with zero attached hydrogens (tertiary/aromatic N) is 1. The molecule has 2 N–H and O–H groups in total. The molecule has 2 amide bonds. The smallest absolute Gasteiger partial charge is 0.234 e. The molecule has 0 saturated heterocycles. The van der Waals surface area contributed by atoms with E-state index in [1.54, 1.807) is 31.4 Å². The molecule has 0 spiro atoms. The van der Waals surface area contributed by atoms with Gasteiger partial charge in [-0.3, -0.25) is 9.59 Å². The molecule has 138 valence electrons. The van der Waals surface area contributed by atoms with Crippen molar-refractivity contribution >= 4 is 40.6 Å². The van der Waals surface area contributed by atoms with Gasteiger partial charge in [-0.1, -0.05) is 17.8 Å². The third kappa shape index (κ3) is 4.70. The highest BCUT2D eigenvalue weighted by Crippen LogP contribution is 2.37. The summed E-state index contributed by atoms with van der Waals surface area (Å²) in [6.07, 6.45) is 0.242. The Morgan fingerprint density at radius 2 is 2.19 bits per heavy atom. The maximum absolute atomic E-state index is 12.2. The highest BCUT2D eigenvalue weighted by molar-refractivity contribution is 8.03. The molecule has 0 bridgehead atoms. The molecule has 3 rings (SSSR count). The number of allylic oxidation sites excluding steroid dienone is 1. The number of benzene rings is 1. The Hall–Kier alpha value is -2.76. The van der Waals surface area contributed by atoms with Gasteiger partial charge in [0.25, 0.3) is 0 Å². The standard InChI is InChI=1S/C19H17N3O3S2/c1-25-13-6-4-12(5-7-13)21-18(24)11-27-19-15(10-20)14(9-17(23)22-19)16-3-2-8-26-16/h2-8,14H,9,11H2,1H3,(H,21,24)(H,22,23)/t14-/m0/s1. The van der Waals surface area contributed by atoms with E-state index in [4.69, 9.17) is 4.74 Å². The van der Waals surface area contributed by atoms with Gasteiger partial charge in [-0.05, 0) is 35.7 Å². The van der Waals surface area contributed by atoms with E-state index in [-0.39, 0.29) is 29.9 Å². The second kappa shape index (κ2) is 8.75. The zero-order valence-corrected chi connectivity index (χ0v) is 16.2. The van der Waals surface area contributed by atoms with Crippen molar-refractivity contribution in [1.29, 1.82) is 5.26 Å². The van der Waals surface area contributed by atoms with Crippen molar-refractivity contribution in [2.24, 2.45) is 0 Å². The van der Waals surface area contributed by atoms with E-state index in [1.807, 2.05) is 17.5 Å². The van der Waals surface area contributed by atoms with Gasteiger partial charge in [-0.25, -0.2) is 0 Å². The van der Waals surface area contributed by atoms with E-state index in [0.717, 1.165) is 16.6 Å². The average molecular weight is 399 g/mol. The average Bonchev–Trinajstić information content (AvgIpc) is 3.21. The fourth-order valence-corrected chi connectivity index (χ4v) is 4.39. The molecule has 0 saturated carbocycles. The predicted molar refractivity (Wildman–Crippen MR) is 107 cm³/mol. The molecule has 8 heteroatoms. The van der Waals surface area contributed by atoms with Crippen LogP contribution in [0.1, 0.15) is 17.2 Å². The van der Waals surface area contributed by atoms with Gasteiger partial charge >= 0.3 is 0 Å². The van der Waals surface area contributed by atoms with Crippen molar-refractivity contribution in [3.05, 3.63) is 57.3 Å². The topological polar surface area (TPSA) is 91.2 Å². The number of thioether (sulfide) groups is 1. The molecule has 1 aromatic carbocycles. The number of nitrogens with one attached hydrogen (secondary N) is 2. The summed E-state index contributed by atoms with van der Waals surface area (Å²) in [5.74, 6) is 0.170. The van der Waals surface area contributed by atoms with E-state index in [1.165, 1.54) is 11.3 Å². The molecule has 1 aromatic heterocycles. The van der Waals surface area contributed by atoms with Crippen LogP contribution in [0.15, 0.2) is 52.4 Å². The third-order valence-corrected chi connectivity index (χ3v) is 5.97. The Bertz CT molecular complexity index is 899. The van der Waals surface area contributed by atoms with Crippen LogP contribution in [0.25, 0.3) is 0 Å². The van der Waals surface area contributed by atoms with Crippen LogP contribution in [0, 0.1) is 11.3 Å². The number of amides is 2. The number of ether oxygens (including phenoxy) is 1. The van der Waals surface area contributed by atoms with Gasteiger partial charge in [0.2, 0.25) is 11.8 Å². The van der Waals surface area contributed by atoms with E-state index >= 15 is 0 Å². The molecule has 2 aromatic rings. The lowest BCUT2D eigenvalue weighted by Gasteiger charge is -2.23. The summed E-state index contributed by atoms with van der Waals surface area (Å²) in [5.41, 5.74) is 1.15. The minimum atomic E-state index is -0.254. The van der Waals surface area contributed by atoms with E-state index < -0.39 is 0 Å². The molecule has 0 radical (unpaired) electrons.